The Bertz CT molecular complexity index is 490. The summed E-state index contributed by atoms with van der Waals surface area (Å²) in [6.07, 6.45) is 0.508. The second kappa shape index (κ2) is 5.41. The van der Waals surface area contributed by atoms with Crippen LogP contribution in [0.1, 0.15) is 12.8 Å². The second-order valence-corrected chi connectivity index (χ2v) is 4.98. The van der Waals surface area contributed by atoms with Gasteiger partial charge in [0.25, 0.3) is 0 Å². The second-order valence-electron chi connectivity index (χ2n) is 3.97. The van der Waals surface area contributed by atoms with Crippen LogP contribution in [0, 0.1) is 0 Å². The molecule has 18 heavy (non-hydrogen) atoms. The van der Waals surface area contributed by atoms with Crippen molar-refractivity contribution in [1.29, 1.82) is 0 Å². The zero-order chi connectivity index (χ0) is 13.1. The Hall–Kier alpha value is -1.53. The number of nitrogen functional groups attached to an aromatic ring is 1. The van der Waals surface area contributed by atoms with Gasteiger partial charge in [0.05, 0.1) is 11.4 Å². The monoisotopic (exact) mass is 266 g/mol. The van der Waals surface area contributed by atoms with Crippen molar-refractivity contribution in [3.8, 4) is 0 Å². The highest BCUT2D eigenvalue weighted by Gasteiger charge is 2.29. The normalized spacial score (nSPS) is 14.5. The number of thioether (sulfide) groups is 1. The van der Waals surface area contributed by atoms with E-state index in [0.29, 0.717) is 17.8 Å². The maximum absolute atomic E-state index is 12.0. The number of rotatable bonds is 3. The molecule has 5 nitrogen and oxygen atoms in total. The lowest BCUT2D eigenvalue weighted by Crippen LogP contribution is -2.40. The first kappa shape index (κ1) is 12.9. The number of hydrogen-bond acceptors (Lipinski definition) is 5. The van der Waals surface area contributed by atoms with E-state index in [4.69, 9.17) is 10.8 Å². The average molecular weight is 266 g/mol. The third-order valence-corrected chi connectivity index (χ3v) is 3.67. The molecule has 0 saturated heterocycles. The van der Waals surface area contributed by atoms with Gasteiger partial charge in [-0.15, -0.1) is 11.8 Å². The molecule has 0 spiro atoms. The van der Waals surface area contributed by atoms with Gasteiger partial charge in [-0.25, -0.2) is 4.90 Å². The predicted octanol–water partition coefficient (Wildman–Crippen LogP) is 1.01. The quantitative estimate of drug-likeness (QED) is 0.798. The van der Waals surface area contributed by atoms with Crippen LogP contribution in [-0.2, 0) is 9.59 Å². The van der Waals surface area contributed by atoms with E-state index in [1.807, 2.05) is 6.07 Å². The minimum Gasteiger partial charge on any atom is -0.399 e. The number of nitrogens with two attached hydrogens (primary N) is 1. The molecule has 2 amide bonds. The van der Waals surface area contributed by atoms with Gasteiger partial charge < -0.3 is 10.8 Å². The maximum atomic E-state index is 12.0. The van der Waals surface area contributed by atoms with Crippen molar-refractivity contribution in [3.05, 3.63) is 18.2 Å². The molecule has 0 atom stereocenters. The van der Waals surface area contributed by atoms with Crippen molar-refractivity contribution in [2.75, 3.05) is 23.0 Å². The molecule has 1 heterocycles. The molecule has 0 saturated carbocycles. The van der Waals surface area contributed by atoms with Crippen LogP contribution in [0.25, 0.3) is 0 Å². The highest BCUT2D eigenvalue weighted by molar-refractivity contribution is 8.00. The van der Waals surface area contributed by atoms with Crippen LogP contribution in [0.2, 0.25) is 0 Å². The van der Waals surface area contributed by atoms with Crippen molar-refractivity contribution in [2.24, 2.45) is 0 Å². The van der Waals surface area contributed by atoms with Crippen LogP contribution >= 0.6 is 11.8 Å². The molecule has 1 aliphatic rings. The van der Waals surface area contributed by atoms with Crippen LogP contribution in [0.5, 0.6) is 0 Å². The van der Waals surface area contributed by atoms with E-state index in [0.717, 1.165) is 4.90 Å². The molecule has 1 aromatic carbocycles. The fourth-order valence-corrected chi connectivity index (χ4v) is 2.66. The summed E-state index contributed by atoms with van der Waals surface area (Å²) in [5.74, 6) is -0.274. The molecule has 2 rings (SSSR count). The van der Waals surface area contributed by atoms with Crippen molar-refractivity contribution < 1.29 is 14.7 Å². The number of carbonyl (C=O) groups excluding carboxylic acids is 2. The zero-order valence-corrected chi connectivity index (χ0v) is 10.6. The molecule has 1 aliphatic heterocycles. The van der Waals surface area contributed by atoms with E-state index in [1.54, 1.807) is 12.1 Å². The molecule has 6 heteroatoms. The third kappa shape index (κ3) is 2.49. The summed E-state index contributed by atoms with van der Waals surface area (Å²) >= 11 is 1.40. The van der Waals surface area contributed by atoms with Gasteiger partial charge in [0, 0.05) is 23.6 Å². The molecule has 0 unspecified atom stereocenters. The summed E-state index contributed by atoms with van der Waals surface area (Å²) in [6, 6.07) is 5.20. The maximum Gasteiger partial charge on any atom is 0.244 e. The molecule has 0 aromatic heterocycles. The molecule has 96 valence electrons. The molecular formula is C12H14N2O3S. The topological polar surface area (TPSA) is 83.6 Å². The summed E-state index contributed by atoms with van der Waals surface area (Å²) in [4.78, 5) is 25.9. The molecule has 0 fully saturated rings. The Kier molecular flexibility index (Phi) is 3.88. The Labute approximate surface area is 109 Å². The molecule has 3 N–H and O–H groups in total. The van der Waals surface area contributed by atoms with Crippen molar-refractivity contribution in [1.82, 2.24) is 0 Å². The molecule has 0 radical (unpaired) electrons. The molecule has 0 aliphatic carbocycles. The van der Waals surface area contributed by atoms with Gasteiger partial charge in [-0.05, 0) is 24.6 Å². The van der Waals surface area contributed by atoms with Crippen LogP contribution in [0.3, 0.4) is 0 Å². The van der Waals surface area contributed by atoms with Gasteiger partial charge >= 0.3 is 0 Å². The number of carbonyl (C=O) groups is 2. The fraction of sp³-hybridized carbons (Fsp3) is 0.333. The van der Waals surface area contributed by atoms with Crippen LogP contribution < -0.4 is 10.6 Å². The summed E-state index contributed by atoms with van der Waals surface area (Å²) in [5, 5.41) is 8.74. The largest absolute Gasteiger partial charge is 0.399 e. The van der Waals surface area contributed by atoms with Gasteiger partial charge in [0.1, 0.15) is 0 Å². The third-order valence-electron chi connectivity index (χ3n) is 2.62. The Morgan fingerprint density at radius 3 is 3.00 bits per heavy atom. The Morgan fingerprint density at radius 1 is 1.50 bits per heavy atom. The van der Waals surface area contributed by atoms with Gasteiger partial charge in [0.15, 0.2) is 0 Å². The van der Waals surface area contributed by atoms with E-state index >= 15 is 0 Å². The number of hydrogen-bond donors (Lipinski definition) is 2. The molecule has 1 aromatic rings. The number of aliphatic hydroxyl groups is 1. The molecule has 0 bridgehead atoms. The highest BCUT2D eigenvalue weighted by atomic mass is 32.2. The van der Waals surface area contributed by atoms with E-state index in [2.05, 4.69) is 0 Å². The standard InChI is InChI=1S/C12H14N2O3S/c13-8-3-4-10-9(6-8)14(12(17)7-18-10)11(16)2-1-5-15/h3-4,6,15H,1-2,5,7,13H2. The van der Waals surface area contributed by atoms with E-state index in [-0.39, 0.29) is 30.6 Å². The van der Waals surface area contributed by atoms with Gasteiger partial charge in [-0.1, -0.05) is 0 Å². The van der Waals surface area contributed by atoms with E-state index in [1.165, 1.54) is 16.7 Å². The number of aliphatic hydroxyl groups excluding tert-OH is 1. The average Bonchev–Trinajstić information content (AvgIpc) is 2.35. The first-order chi connectivity index (χ1) is 8.63. The van der Waals surface area contributed by atoms with Crippen LogP contribution in [0.15, 0.2) is 23.1 Å². The fourth-order valence-electron chi connectivity index (χ4n) is 1.79. The molecular weight excluding hydrogens is 252 g/mol. The first-order valence-corrected chi connectivity index (χ1v) is 6.61. The number of anilines is 2. The number of amides is 2. The Morgan fingerprint density at radius 2 is 2.28 bits per heavy atom. The summed E-state index contributed by atoms with van der Waals surface area (Å²) in [7, 11) is 0. The summed E-state index contributed by atoms with van der Waals surface area (Å²) < 4.78 is 0. The van der Waals surface area contributed by atoms with Crippen molar-refractivity contribution in [3.63, 3.8) is 0 Å². The van der Waals surface area contributed by atoms with E-state index in [9.17, 15) is 9.59 Å². The number of fused-ring (bicyclic) bond motifs is 1. The van der Waals surface area contributed by atoms with Crippen LogP contribution in [0.4, 0.5) is 11.4 Å². The first-order valence-electron chi connectivity index (χ1n) is 5.62. The lowest BCUT2D eigenvalue weighted by atomic mass is 10.2. The van der Waals surface area contributed by atoms with E-state index < -0.39 is 0 Å². The van der Waals surface area contributed by atoms with Crippen molar-refractivity contribution >= 4 is 35.0 Å². The van der Waals surface area contributed by atoms with Crippen LogP contribution in [-0.4, -0.2) is 29.3 Å². The zero-order valence-electron chi connectivity index (χ0n) is 9.76. The van der Waals surface area contributed by atoms with Gasteiger partial charge in [0.2, 0.25) is 11.8 Å². The van der Waals surface area contributed by atoms with Crippen molar-refractivity contribution in [2.45, 2.75) is 17.7 Å². The minimum absolute atomic E-state index is 0.0632. The summed E-state index contributed by atoms with van der Waals surface area (Å²) in [6.45, 7) is -0.0632. The Balaban J connectivity index is 2.32. The summed E-state index contributed by atoms with van der Waals surface area (Å²) in [5.41, 5.74) is 6.76. The number of nitrogens with zero attached hydrogens (tertiary/aromatic N) is 1. The number of benzene rings is 1. The highest BCUT2D eigenvalue weighted by Crippen LogP contribution is 2.36. The predicted molar refractivity (Wildman–Crippen MR) is 70.4 cm³/mol. The van der Waals surface area contributed by atoms with Gasteiger partial charge in [-0.2, -0.15) is 0 Å². The SMILES string of the molecule is Nc1ccc2c(c1)N(C(=O)CCCO)C(=O)CS2. The smallest absolute Gasteiger partial charge is 0.244 e. The minimum atomic E-state index is -0.291. The lowest BCUT2D eigenvalue weighted by Gasteiger charge is -2.27. The lowest BCUT2D eigenvalue weighted by molar-refractivity contribution is -0.125. The number of imide groups is 1. The van der Waals surface area contributed by atoms with Gasteiger partial charge in [-0.3, -0.25) is 9.59 Å².